The van der Waals surface area contributed by atoms with Crippen LogP contribution in [0.15, 0.2) is 33.7 Å². The fourth-order valence-corrected chi connectivity index (χ4v) is 3.96. The van der Waals surface area contributed by atoms with Crippen molar-refractivity contribution < 1.29 is 4.42 Å². The Hall–Kier alpha value is -2.83. The van der Waals surface area contributed by atoms with Crippen LogP contribution in [-0.2, 0) is 25.9 Å². The number of nitrogens with zero attached hydrogens (tertiary/aromatic N) is 4. The van der Waals surface area contributed by atoms with E-state index in [-0.39, 0.29) is 0 Å². The third kappa shape index (κ3) is 4.44. The summed E-state index contributed by atoms with van der Waals surface area (Å²) in [5.74, 6) is 4.00. The molecule has 0 fully saturated rings. The maximum absolute atomic E-state index is 5.97. The number of guanidine groups is 1. The van der Waals surface area contributed by atoms with Crippen LogP contribution >= 0.6 is 0 Å². The first-order chi connectivity index (χ1) is 14.3. The lowest BCUT2D eigenvalue weighted by Crippen LogP contribution is -2.37. The van der Waals surface area contributed by atoms with Gasteiger partial charge in [-0.3, -0.25) is 4.99 Å². The van der Waals surface area contributed by atoms with Crippen LogP contribution in [0.1, 0.15) is 48.7 Å². The average Bonchev–Trinajstić information content (AvgIpc) is 3.18. The first-order valence-electron chi connectivity index (χ1n) is 10.6. The summed E-state index contributed by atoms with van der Waals surface area (Å²) in [6.07, 6.45) is 6.72. The molecule has 29 heavy (non-hydrogen) atoms. The summed E-state index contributed by atoms with van der Waals surface area (Å²) in [5.41, 5.74) is 2.10. The van der Waals surface area contributed by atoms with Gasteiger partial charge in [0.1, 0.15) is 23.0 Å². The number of rotatable bonds is 6. The summed E-state index contributed by atoms with van der Waals surface area (Å²) < 4.78 is 8.29. The molecule has 1 aromatic carbocycles. The molecule has 3 aromatic rings. The molecule has 0 amide bonds. The van der Waals surface area contributed by atoms with Gasteiger partial charge in [0.15, 0.2) is 5.96 Å². The van der Waals surface area contributed by atoms with E-state index in [0.717, 1.165) is 61.3 Å². The smallest absolute Gasteiger partial charge is 0.191 e. The van der Waals surface area contributed by atoms with Gasteiger partial charge in [-0.25, -0.2) is 0 Å². The van der Waals surface area contributed by atoms with Crippen molar-refractivity contribution in [1.29, 1.82) is 0 Å². The van der Waals surface area contributed by atoms with Crippen molar-refractivity contribution in [2.24, 2.45) is 4.99 Å². The van der Waals surface area contributed by atoms with Gasteiger partial charge >= 0.3 is 0 Å². The van der Waals surface area contributed by atoms with Crippen LogP contribution in [0, 0.1) is 6.92 Å². The molecule has 0 radical (unpaired) electrons. The van der Waals surface area contributed by atoms with Crippen LogP contribution in [0.5, 0.6) is 0 Å². The van der Waals surface area contributed by atoms with Crippen LogP contribution < -0.4 is 10.6 Å². The molecule has 0 aliphatic carbocycles. The monoisotopic (exact) mass is 394 g/mol. The fraction of sp³-hybridized carbons (Fsp3) is 0.500. The van der Waals surface area contributed by atoms with E-state index in [2.05, 4.69) is 43.4 Å². The Bertz CT molecular complexity index is 987. The quantitative estimate of drug-likeness (QED) is 0.381. The van der Waals surface area contributed by atoms with Crippen molar-refractivity contribution in [2.45, 2.75) is 58.5 Å². The van der Waals surface area contributed by atoms with Crippen molar-refractivity contribution in [3.05, 3.63) is 47.2 Å². The van der Waals surface area contributed by atoms with E-state index in [1.165, 1.54) is 30.2 Å². The number of benzene rings is 1. The summed E-state index contributed by atoms with van der Waals surface area (Å²) in [4.78, 5) is 4.32. The minimum Gasteiger partial charge on any atom is -0.459 e. The summed E-state index contributed by atoms with van der Waals surface area (Å²) in [7, 11) is 1.79. The Labute approximate surface area is 171 Å². The van der Waals surface area contributed by atoms with Gasteiger partial charge in [-0.2, -0.15) is 0 Å². The standard InChI is InChI=1S/C22H30N6O/c1-16-17-9-5-6-10-18(17)29-19(16)15-25-22(23-2)24-13-8-12-21-27-26-20-11-4-3-7-14-28(20)21/h5-6,9-10H,3-4,7-8,11-15H2,1-2H3,(H2,23,24,25). The fourth-order valence-electron chi connectivity index (χ4n) is 3.96. The van der Waals surface area contributed by atoms with Gasteiger partial charge in [0.2, 0.25) is 0 Å². The Morgan fingerprint density at radius 2 is 2.07 bits per heavy atom. The molecule has 2 aromatic heterocycles. The number of hydrogen-bond acceptors (Lipinski definition) is 4. The van der Waals surface area contributed by atoms with E-state index in [4.69, 9.17) is 4.42 Å². The number of hydrogen-bond donors (Lipinski definition) is 2. The number of para-hydroxylation sites is 1. The lowest BCUT2D eigenvalue weighted by molar-refractivity contribution is 0.534. The summed E-state index contributed by atoms with van der Waals surface area (Å²) in [5, 5.41) is 16.7. The molecule has 0 unspecified atom stereocenters. The predicted octanol–water partition coefficient (Wildman–Crippen LogP) is 3.36. The molecule has 1 aliphatic heterocycles. The Kier molecular flexibility index (Phi) is 6.12. The zero-order chi connectivity index (χ0) is 20.1. The van der Waals surface area contributed by atoms with Crippen LogP contribution in [-0.4, -0.2) is 34.3 Å². The molecule has 3 heterocycles. The summed E-state index contributed by atoms with van der Waals surface area (Å²) in [6.45, 7) is 4.60. The molecule has 0 saturated heterocycles. The Morgan fingerprint density at radius 3 is 2.93 bits per heavy atom. The number of aryl methyl sites for hydroxylation is 3. The molecule has 2 N–H and O–H groups in total. The topological polar surface area (TPSA) is 80.3 Å². The molecule has 154 valence electrons. The second-order valence-electron chi connectivity index (χ2n) is 7.60. The van der Waals surface area contributed by atoms with Crippen LogP contribution in [0.4, 0.5) is 0 Å². The molecule has 0 atom stereocenters. The van der Waals surface area contributed by atoms with Gasteiger partial charge in [-0.1, -0.05) is 24.6 Å². The van der Waals surface area contributed by atoms with Crippen LogP contribution in [0.2, 0.25) is 0 Å². The lowest BCUT2D eigenvalue weighted by atomic mass is 10.1. The van der Waals surface area contributed by atoms with Gasteiger partial charge in [-0.15, -0.1) is 10.2 Å². The van der Waals surface area contributed by atoms with Crippen molar-refractivity contribution in [3.63, 3.8) is 0 Å². The zero-order valence-corrected chi connectivity index (χ0v) is 17.4. The highest BCUT2D eigenvalue weighted by Crippen LogP contribution is 2.24. The molecule has 0 spiro atoms. The number of aliphatic imine (C=N–C) groups is 1. The molecule has 7 heteroatoms. The molecule has 1 aliphatic rings. The number of furan rings is 1. The van der Waals surface area contributed by atoms with Crippen molar-refractivity contribution in [2.75, 3.05) is 13.6 Å². The highest BCUT2D eigenvalue weighted by atomic mass is 16.3. The SMILES string of the molecule is CN=C(NCCCc1nnc2n1CCCCC2)NCc1oc2ccccc2c1C. The van der Waals surface area contributed by atoms with Gasteiger partial charge in [0.25, 0.3) is 0 Å². The lowest BCUT2D eigenvalue weighted by Gasteiger charge is -2.11. The molecular weight excluding hydrogens is 364 g/mol. The molecular formula is C22H30N6O. The predicted molar refractivity (Wildman–Crippen MR) is 115 cm³/mol. The zero-order valence-electron chi connectivity index (χ0n) is 17.4. The van der Waals surface area contributed by atoms with Gasteiger partial charge in [0.05, 0.1) is 6.54 Å². The van der Waals surface area contributed by atoms with E-state index >= 15 is 0 Å². The number of fused-ring (bicyclic) bond motifs is 2. The number of nitrogens with one attached hydrogen (secondary N) is 2. The Morgan fingerprint density at radius 1 is 1.17 bits per heavy atom. The maximum Gasteiger partial charge on any atom is 0.191 e. The van der Waals surface area contributed by atoms with E-state index in [1.54, 1.807) is 7.05 Å². The van der Waals surface area contributed by atoms with Gasteiger partial charge in [0, 0.05) is 43.9 Å². The highest BCUT2D eigenvalue weighted by Gasteiger charge is 2.14. The maximum atomic E-state index is 5.97. The normalized spacial score (nSPS) is 14.6. The molecule has 7 nitrogen and oxygen atoms in total. The minimum atomic E-state index is 0.609. The van der Waals surface area contributed by atoms with E-state index in [1.807, 2.05) is 18.2 Å². The number of aromatic nitrogens is 3. The second kappa shape index (κ2) is 9.11. The van der Waals surface area contributed by atoms with Gasteiger partial charge in [-0.05, 0) is 32.3 Å². The molecule has 0 bridgehead atoms. The van der Waals surface area contributed by atoms with E-state index < -0.39 is 0 Å². The first-order valence-corrected chi connectivity index (χ1v) is 10.6. The minimum absolute atomic E-state index is 0.609. The summed E-state index contributed by atoms with van der Waals surface area (Å²) >= 11 is 0. The van der Waals surface area contributed by atoms with Crippen molar-refractivity contribution >= 4 is 16.9 Å². The largest absolute Gasteiger partial charge is 0.459 e. The Balaban J connectivity index is 1.26. The van der Waals surface area contributed by atoms with Gasteiger partial charge < -0.3 is 19.6 Å². The van der Waals surface area contributed by atoms with Crippen LogP contribution in [0.3, 0.4) is 0 Å². The van der Waals surface area contributed by atoms with Crippen molar-refractivity contribution in [1.82, 2.24) is 25.4 Å². The van der Waals surface area contributed by atoms with E-state index in [9.17, 15) is 0 Å². The first kappa shape index (κ1) is 19.5. The molecule has 0 saturated carbocycles. The molecule has 4 rings (SSSR count). The van der Waals surface area contributed by atoms with Crippen LogP contribution in [0.25, 0.3) is 11.0 Å². The highest BCUT2D eigenvalue weighted by molar-refractivity contribution is 5.82. The third-order valence-electron chi connectivity index (χ3n) is 5.64. The van der Waals surface area contributed by atoms with Crippen molar-refractivity contribution in [3.8, 4) is 0 Å². The van der Waals surface area contributed by atoms with E-state index in [0.29, 0.717) is 6.54 Å². The summed E-state index contributed by atoms with van der Waals surface area (Å²) in [6, 6.07) is 8.13. The third-order valence-corrected chi connectivity index (χ3v) is 5.64. The average molecular weight is 395 g/mol. The second-order valence-corrected chi connectivity index (χ2v) is 7.60.